The molecule has 1 aromatic rings. The van der Waals surface area contributed by atoms with Crippen molar-refractivity contribution < 1.29 is 4.74 Å². The lowest BCUT2D eigenvalue weighted by Crippen LogP contribution is -2.29. The summed E-state index contributed by atoms with van der Waals surface area (Å²) in [5, 5.41) is 3.66. The highest BCUT2D eigenvalue weighted by atomic mass is 16.5. The van der Waals surface area contributed by atoms with E-state index in [1.807, 2.05) is 12.3 Å². The molecule has 3 heteroatoms. The van der Waals surface area contributed by atoms with Crippen LogP contribution in [0.15, 0.2) is 18.3 Å². The molecule has 0 aromatic carbocycles. The Bertz CT molecular complexity index is 329. The standard InChI is InChI=1S/C15H24N2O/c1-18-15-10-9-13(12-17-15)11-16-14-7-5-3-2-4-6-8-14/h9-10,12,14,16H,2-8,11H2,1H3. The number of nitrogens with one attached hydrogen (secondary N) is 1. The van der Waals surface area contributed by atoms with E-state index < -0.39 is 0 Å². The fraction of sp³-hybridized carbons (Fsp3) is 0.667. The first-order chi connectivity index (χ1) is 8.88. The van der Waals surface area contributed by atoms with Crippen LogP contribution in [0.4, 0.5) is 0 Å². The Morgan fingerprint density at radius 3 is 2.50 bits per heavy atom. The van der Waals surface area contributed by atoms with Crippen LogP contribution in [0.25, 0.3) is 0 Å². The summed E-state index contributed by atoms with van der Waals surface area (Å²) in [4.78, 5) is 4.23. The minimum atomic E-state index is 0.685. The average molecular weight is 248 g/mol. The van der Waals surface area contributed by atoms with E-state index in [0.29, 0.717) is 11.9 Å². The molecular formula is C15H24N2O. The van der Waals surface area contributed by atoms with Gasteiger partial charge in [-0.25, -0.2) is 4.98 Å². The van der Waals surface area contributed by atoms with Gasteiger partial charge in [0.1, 0.15) is 0 Å². The third-order valence-electron chi connectivity index (χ3n) is 3.71. The van der Waals surface area contributed by atoms with Crippen LogP contribution in [-0.2, 0) is 6.54 Å². The Labute approximate surface area is 110 Å². The van der Waals surface area contributed by atoms with Crippen LogP contribution in [0.1, 0.15) is 50.5 Å². The largest absolute Gasteiger partial charge is 0.481 e. The first-order valence-corrected chi connectivity index (χ1v) is 7.11. The van der Waals surface area contributed by atoms with Crippen molar-refractivity contribution in [2.24, 2.45) is 0 Å². The van der Waals surface area contributed by atoms with Crippen LogP contribution in [0.2, 0.25) is 0 Å². The van der Waals surface area contributed by atoms with Gasteiger partial charge in [-0.15, -0.1) is 0 Å². The number of pyridine rings is 1. The lowest BCUT2D eigenvalue weighted by Gasteiger charge is -2.21. The van der Waals surface area contributed by atoms with Crippen LogP contribution in [0, 0.1) is 0 Å². The highest BCUT2D eigenvalue weighted by molar-refractivity contribution is 5.17. The van der Waals surface area contributed by atoms with E-state index in [1.54, 1.807) is 7.11 Å². The zero-order chi connectivity index (χ0) is 12.6. The van der Waals surface area contributed by atoms with Gasteiger partial charge in [0.05, 0.1) is 7.11 Å². The molecular weight excluding hydrogens is 224 g/mol. The van der Waals surface area contributed by atoms with Crippen LogP contribution < -0.4 is 10.1 Å². The van der Waals surface area contributed by atoms with Crippen molar-refractivity contribution in [2.75, 3.05) is 7.11 Å². The fourth-order valence-electron chi connectivity index (χ4n) is 2.56. The topological polar surface area (TPSA) is 34.1 Å². The van der Waals surface area contributed by atoms with Crippen molar-refractivity contribution >= 4 is 0 Å². The molecule has 0 aliphatic heterocycles. The van der Waals surface area contributed by atoms with Gasteiger partial charge in [0, 0.05) is 24.8 Å². The number of hydrogen-bond acceptors (Lipinski definition) is 3. The molecule has 0 amide bonds. The molecule has 0 atom stereocenters. The fourth-order valence-corrected chi connectivity index (χ4v) is 2.56. The Morgan fingerprint density at radius 1 is 1.17 bits per heavy atom. The van der Waals surface area contributed by atoms with Crippen molar-refractivity contribution in [3.63, 3.8) is 0 Å². The molecule has 1 fully saturated rings. The molecule has 0 bridgehead atoms. The molecule has 1 heterocycles. The van der Waals surface area contributed by atoms with Gasteiger partial charge < -0.3 is 10.1 Å². The van der Waals surface area contributed by atoms with Crippen molar-refractivity contribution in [1.82, 2.24) is 10.3 Å². The van der Waals surface area contributed by atoms with Gasteiger partial charge in [0.15, 0.2) is 0 Å². The van der Waals surface area contributed by atoms with Gasteiger partial charge in [0.2, 0.25) is 5.88 Å². The number of aromatic nitrogens is 1. The summed E-state index contributed by atoms with van der Waals surface area (Å²) >= 11 is 0. The lowest BCUT2D eigenvalue weighted by molar-refractivity contribution is 0.387. The second-order valence-electron chi connectivity index (χ2n) is 5.13. The molecule has 0 radical (unpaired) electrons. The van der Waals surface area contributed by atoms with Crippen LogP contribution >= 0.6 is 0 Å². The maximum absolute atomic E-state index is 5.06. The van der Waals surface area contributed by atoms with Crippen LogP contribution in [0.5, 0.6) is 5.88 Å². The maximum Gasteiger partial charge on any atom is 0.212 e. The third-order valence-corrected chi connectivity index (χ3v) is 3.71. The average Bonchev–Trinajstić information content (AvgIpc) is 2.38. The van der Waals surface area contributed by atoms with E-state index in [9.17, 15) is 0 Å². The van der Waals surface area contributed by atoms with Gasteiger partial charge in [-0.3, -0.25) is 0 Å². The van der Waals surface area contributed by atoms with Gasteiger partial charge in [0.25, 0.3) is 0 Å². The number of hydrogen-bond donors (Lipinski definition) is 1. The predicted octanol–water partition coefficient (Wildman–Crippen LogP) is 3.29. The molecule has 2 rings (SSSR count). The SMILES string of the molecule is COc1ccc(CNC2CCCCCCC2)cn1. The summed E-state index contributed by atoms with van der Waals surface area (Å²) in [5.41, 5.74) is 1.23. The van der Waals surface area contributed by atoms with E-state index in [1.165, 1.54) is 50.5 Å². The zero-order valence-corrected chi connectivity index (χ0v) is 11.3. The predicted molar refractivity (Wildman–Crippen MR) is 73.7 cm³/mol. The van der Waals surface area contributed by atoms with Crippen molar-refractivity contribution in [1.29, 1.82) is 0 Å². The number of rotatable bonds is 4. The molecule has 100 valence electrons. The molecule has 0 unspecified atom stereocenters. The van der Waals surface area contributed by atoms with Gasteiger partial charge in [-0.1, -0.05) is 38.2 Å². The molecule has 0 spiro atoms. The Hall–Kier alpha value is -1.09. The molecule has 0 saturated heterocycles. The summed E-state index contributed by atoms with van der Waals surface area (Å²) in [5.74, 6) is 0.685. The lowest BCUT2D eigenvalue weighted by atomic mass is 9.96. The van der Waals surface area contributed by atoms with Gasteiger partial charge >= 0.3 is 0 Å². The quantitative estimate of drug-likeness (QED) is 0.887. The third kappa shape index (κ3) is 4.30. The van der Waals surface area contributed by atoms with E-state index in [-0.39, 0.29) is 0 Å². The van der Waals surface area contributed by atoms with Crippen molar-refractivity contribution in [3.8, 4) is 5.88 Å². The minimum Gasteiger partial charge on any atom is -0.481 e. The molecule has 1 aliphatic rings. The van der Waals surface area contributed by atoms with Crippen molar-refractivity contribution in [3.05, 3.63) is 23.9 Å². The van der Waals surface area contributed by atoms with Gasteiger partial charge in [-0.05, 0) is 18.4 Å². The van der Waals surface area contributed by atoms with Crippen molar-refractivity contribution in [2.45, 2.75) is 57.5 Å². The van der Waals surface area contributed by atoms with E-state index in [2.05, 4.69) is 16.4 Å². The second-order valence-corrected chi connectivity index (χ2v) is 5.13. The van der Waals surface area contributed by atoms with E-state index in [0.717, 1.165) is 6.54 Å². The summed E-state index contributed by atoms with van der Waals surface area (Å²) in [6.07, 6.45) is 11.5. The highest BCUT2D eigenvalue weighted by Gasteiger charge is 2.10. The normalized spacial score (nSPS) is 18.1. The number of methoxy groups -OCH3 is 1. The monoisotopic (exact) mass is 248 g/mol. The molecule has 3 nitrogen and oxygen atoms in total. The summed E-state index contributed by atoms with van der Waals surface area (Å²) in [6.45, 7) is 0.918. The minimum absolute atomic E-state index is 0.685. The first kappa shape index (κ1) is 13.3. The Morgan fingerprint density at radius 2 is 1.89 bits per heavy atom. The second kappa shape index (κ2) is 7.37. The molecule has 18 heavy (non-hydrogen) atoms. The summed E-state index contributed by atoms with van der Waals surface area (Å²) in [6, 6.07) is 4.70. The molecule has 1 N–H and O–H groups in total. The van der Waals surface area contributed by atoms with E-state index in [4.69, 9.17) is 4.74 Å². The molecule has 1 saturated carbocycles. The van der Waals surface area contributed by atoms with Crippen LogP contribution in [-0.4, -0.2) is 18.1 Å². The number of ether oxygens (including phenoxy) is 1. The molecule has 1 aliphatic carbocycles. The zero-order valence-electron chi connectivity index (χ0n) is 11.3. The summed E-state index contributed by atoms with van der Waals surface area (Å²) in [7, 11) is 1.65. The number of nitrogens with zero attached hydrogens (tertiary/aromatic N) is 1. The Balaban J connectivity index is 1.78. The van der Waals surface area contributed by atoms with E-state index >= 15 is 0 Å². The highest BCUT2D eigenvalue weighted by Crippen LogP contribution is 2.17. The smallest absolute Gasteiger partial charge is 0.212 e. The summed E-state index contributed by atoms with van der Waals surface area (Å²) < 4.78 is 5.06. The van der Waals surface area contributed by atoms with Gasteiger partial charge in [-0.2, -0.15) is 0 Å². The maximum atomic E-state index is 5.06. The first-order valence-electron chi connectivity index (χ1n) is 7.11. The Kier molecular flexibility index (Phi) is 5.46. The molecule has 1 aromatic heterocycles. The van der Waals surface area contributed by atoms with Crippen LogP contribution in [0.3, 0.4) is 0 Å².